The van der Waals surface area contributed by atoms with E-state index in [0.29, 0.717) is 24.8 Å². The maximum Gasteiger partial charge on any atom is 0.253 e. The molecule has 2 rings (SSSR count). The van der Waals surface area contributed by atoms with E-state index >= 15 is 0 Å². The first-order valence-electron chi connectivity index (χ1n) is 8.04. The van der Waals surface area contributed by atoms with Gasteiger partial charge in [-0.3, -0.25) is 4.79 Å². The molecule has 0 heterocycles. The first-order valence-corrected chi connectivity index (χ1v) is 8.04. The Bertz CT molecular complexity index is 442. The van der Waals surface area contributed by atoms with Gasteiger partial charge in [0.15, 0.2) is 0 Å². The number of amides is 1. The van der Waals surface area contributed by atoms with Crippen molar-refractivity contribution in [2.75, 3.05) is 25.0 Å². The quantitative estimate of drug-likeness (QED) is 0.758. The standard InChI is InChI=1S/C17H26N2O2/c1-2-18-16-11-7-6-10-15(16)17(20)19-12-13-21-14-8-4-3-5-9-14/h6-7,10-11,14,18H,2-5,8-9,12-13H2,1H3,(H,19,20). The van der Waals surface area contributed by atoms with E-state index in [1.807, 2.05) is 31.2 Å². The van der Waals surface area contributed by atoms with Gasteiger partial charge in [0.1, 0.15) is 0 Å². The zero-order valence-electron chi connectivity index (χ0n) is 12.9. The molecule has 0 bridgehead atoms. The number of hydrogen-bond acceptors (Lipinski definition) is 3. The van der Waals surface area contributed by atoms with E-state index in [0.717, 1.165) is 25.1 Å². The summed E-state index contributed by atoms with van der Waals surface area (Å²) in [6.45, 7) is 3.98. The molecule has 2 N–H and O–H groups in total. The molecular weight excluding hydrogens is 264 g/mol. The van der Waals surface area contributed by atoms with Crippen molar-refractivity contribution >= 4 is 11.6 Å². The van der Waals surface area contributed by atoms with Crippen LogP contribution in [0.25, 0.3) is 0 Å². The largest absolute Gasteiger partial charge is 0.385 e. The van der Waals surface area contributed by atoms with Gasteiger partial charge in [-0.25, -0.2) is 0 Å². The van der Waals surface area contributed by atoms with E-state index in [-0.39, 0.29) is 5.91 Å². The van der Waals surface area contributed by atoms with Crippen molar-refractivity contribution in [2.24, 2.45) is 0 Å². The lowest BCUT2D eigenvalue weighted by Crippen LogP contribution is -2.29. The molecule has 1 amide bonds. The number of rotatable bonds is 7. The number of benzene rings is 1. The Morgan fingerprint density at radius 2 is 2.00 bits per heavy atom. The molecular formula is C17H26N2O2. The Hall–Kier alpha value is -1.55. The van der Waals surface area contributed by atoms with Crippen LogP contribution in [-0.2, 0) is 4.74 Å². The Kier molecular flexibility index (Phi) is 6.54. The predicted molar refractivity (Wildman–Crippen MR) is 85.8 cm³/mol. The highest BCUT2D eigenvalue weighted by Crippen LogP contribution is 2.20. The van der Waals surface area contributed by atoms with Crippen LogP contribution in [0.5, 0.6) is 0 Å². The average molecular weight is 290 g/mol. The number of ether oxygens (including phenoxy) is 1. The normalized spacial score (nSPS) is 15.7. The molecule has 1 saturated carbocycles. The second-order valence-electron chi connectivity index (χ2n) is 5.46. The third-order valence-corrected chi connectivity index (χ3v) is 3.83. The molecule has 0 radical (unpaired) electrons. The topological polar surface area (TPSA) is 50.4 Å². The molecule has 0 aliphatic heterocycles. The van der Waals surface area contributed by atoms with Gasteiger partial charge in [-0.1, -0.05) is 31.4 Å². The molecule has 0 aromatic heterocycles. The van der Waals surface area contributed by atoms with Gasteiger partial charge in [-0.15, -0.1) is 0 Å². The smallest absolute Gasteiger partial charge is 0.253 e. The van der Waals surface area contributed by atoms with E-state index in [1.165, 1.54) is 19.3 Å². The molecule has 21 heavy (non-hydrogen) atoms. The fraction of sp³-hybridized carbons (Fsp3) is 0.588. The van der Waals surface area contributed by atoms with Crippen LogP contribution in [0, 0.1) is 0 Å². The molecule has 0 atom stereocenters. The summed E-state index contributed by atoms with van der Waals surface area (Å²) in [6, 6.07) is 7.58. The summed E-state index contributed by atoms with van der Waals surface area (Å²) in [6.07, 6.45) is 6.59. The van der Waals surface area contributed by atoms with Crippen LogP contribution in [0.3, 0.4) is 0 Å². The highest BCUT2D eigenvalue weighted by atomic mass is 16.5. The SMILES string of the molecule is CCNc1ccccc1C(=O)NCCOC1CCCCC1. The van der Waals surface area contributed by atoms with E-state index in [1.54, 1.807) is 0 Å². The minimum absolute atomic E-state index is 0.0428. The predicted octanol–water partition coefficient (Wildman–Crippen LogP) is 3.20. The van der Waals surface area contributed by atoms with Gasteiger partial charge in [0.2, 0.25) is 0 Å². The molecule has 1 aliphatic rings. The lowest BCUT2D eigenvalue weighted by atomic mass is 9.98. The van der Waals surface area contributed by atoms with Crippen molar-refractivity contribution in [1.29, 1.82) is 0 Å². The summed E-state index contributed by atoms with van der Waals surface area (Å²) in [5.41, 5.74) is 1.57. The third-order valence-electron chi connectivity index (χ3n) is 3.83. The van der Waals surface area contributed by atoms with E-state index in [2.05, 4.69) is 10.6 Å². The van der Waals surface area contributed by atoms with Crippen LogP contribution in [-0.4, -0.2) is 31.7 Å². The molecule has 1 aliphatic carbocycles. The molecule has 116 valence electrons. The number of carbonyl (C=O) groups is 1. The van der Waals surface area contributed by atoms with Crippen molar-refractivity contribution in [1.82, 2.24) is 5.32 Å². The van der Waals surface area contributed by atoms with Gasteiger partial charge in [-0.2, -0.15) is 0 Å². The molecule has 4 heteroatoms. The van der Waals surface area contributed by atoms with Crippen molar-refractivity contribution in [3.63, 3.8) is 0 Å². The molecule has 0 saturated heterocycles. The minimum atomic E-state index is -0.0428. The van der Waals surface area contributed by atoms with Gasteiger partial charge in [0.25, 0.3) is 5.91 Å². The van der Waals surface area contributed by atoms with Crippen LogP contribution < -0.4 is 10.6 Å². The zero-order valence-corrected chi connectivity index (χ0v) is 12.9. The summed E-state index contributed by atoms with van der Waals surface area (Å²) in [4.78, 5) is 12.2. The molecule has 1 aromatic rings. The summed E-state index contributed by atoms with van der Waals surface area (Å²) in [5.74, 6) is -0.0428. The first kappa shape index (κ1) is 15.8. The summed E-state index contributed by atoms with van der Waals surface area (Å²) in [7, 11) is 0. The lowest BCUT2D eigenvalue weighted by Gasteiger charge is -2.22. The van der Waals surface area contributed by atoms with Gasteiger partial charge < -0.3 is 15.4 Å². The molecule has 0 unspecified atom stereocenters. The number of carbonyl (C=O) groups excluding carboxylic acids is 1. The minimum Gasteiger partial charge on any atom is -0.385 e. The van der Waals surface area contributed by atoms with Crippen LogP contribution >= 0.6 is 0 Å². The van der Waals surface area contributed by atoms with Crippen molar-refractivity contribution < 1.29 is 9.53 Å². The fourth-order valence-electron chi connectivity index (χ4n) is 2.74. The van der Waals surface area contributed by atoms with Crippen LogP contribution in [0.4, 0.5) is 5.69 Å². The van der Waals surface area contributed by atoms with E-state index in [4.69, 9.17) is 4.74 Å². The van der Waals surface area contributed by atoms with Crippen molar-refractivity contribution in [3.8, 4) is 0 Å². The number of nitrogens with one attached hydrogen (secondary N) is 2. The lowest BCUT2D eigenvalue weighted by molar-refractivity contribution is 0.0299. The van der Waals surface area contributed by atoms with E-state index < -0.39 is 0 Å². The Morgan fingerprint density at radius 3 is 2.76 bits per heavy atom. The summed E-state index contributed by atoms with van der Waals surface area (Å²) >= 11 is 0. The Balaban J connectivity index is 1.74. The zero-order chi connectivity index (χ0) is 14.9. The van der Waals surface area contributed by atoms with Crippen LogP contribution in [0.2, 0.25) is 0 Å². The van der Waals surface area contributed by atoms with Crippen LogP contribution in [0.1, 0.15) is 49.4 Å². The molecule has 1 aromatic carbocycles. The first-order chi connectivity index (χ1) is 10.3. The summed E-state index contributed by atoms with van der Waals surface area (Å²) < 4.78 is 5.82. The van der Waals surface area contributed by atoms with Gasteiger partial charge >= 0.3 is 0 Å². The number of para-hydroxylation sites is 1. The second kappa shape index (κ2) is 8.67. The van der Waals surface area contributed by atoms with Gasteiger partial charge in [-0.05, 0) is 31.9 Å². The maximum absolute atomic E-state index is 12.2. The maximum atomic E-state index is 12.2. The molecule has 1 fully saturated rings. The van der Waals surface area contributed by atoms with Gasteiger partial charge in [0, 0.05) is 18.8 Å². The van der Waals surface area contributed by atoms with Crippen molar-refractivity contribution in [2.45, 2.75) is 45.1 Å². The number of hydrogen-bond donors (Lipinski definition) is 2. The molecule has 0 spiro atoms. The highest BCUT2D eigenvalue weighted by Gasteiger charge is 2.14. The third kappa shape index (κ3) is 5.05. The highest BCUT2D eigenvalue weighted by molar-refractivity contribution is 5.99. The Morgan fingerprint density at radius 1 is 1.24 bits per heavy atom. The number of anilines is 1. The van der Waals surface area contributed by atoms with Crippen LogP contribution in [0.15, 0.2) is 24.3 Å². The van der Waals surface area contributed by atoms with Crippen molar-refractivity contribution in [3.05, 3.63) is 29.8 Å². The van der Waals surface area contributed by atoms with E-state index in [9.17, 15) is 4.79 Å². The fourth-order valence-corrected chi connectivity index (χ4v) is 2.74. The van der Waals surface area contributed by atoms with Gasteiger partial charge in [0.05, 0.1) is 18.3 Å². The monoisotopic (exact) mass is 290 g/mol. The average Bonchev–Trinajstić information content (AvgIpc) is 2.53. The Labute approximate surface area is 127 Å². The summed E-state index contributed by atoms with van der Waals surface area (Å²) in [5, 5.41) is 6.14. The molecule has 4 nitrogen and oxygen atoms in total. The second-order valence-corrected chi connectivity index (χ2v) is 5.46.